The van der Waals surface area contributed by atoms with E-state index in [9.17, 15) is 4.39 Å². The molecule has 150 valence electrons. The largest absolute Gasteiger partial charge is 0.468 e. The van der Waals surface area contributed by atoms with E-state index in [0.717, 1.165) is 24.5 Å². The highest BCUT2D eigenvalue weighted by Crippen LogP contribution is 2.19. The van der Waals surface area contributed by atoms with Gasteiger partial charge in [-0.3, -0.25) is 4.90 Å². The minimum atomic E-state index is -0.277. The summed E-state index contributed by atoms with van der Waals surface area (Å²) < 4.78 is 30.1. The summed E-state index contributed by atoms with van der Waals surface area (Å²) in [6, 6.07) is 12.6. The van der Waals surface area contributed by atoms with Gasteiger partial charge in [0.1, 0.15) is 17.3 Å². The number of nitrogens with zero attached hydrogens (tertiary/aromatic N) is 3. The van der Waals surface area contributed by atoms with Crippen molar-refractivity contribution in [3.05, 3.63) is 83.8 Å². The van der Waals surface area contributed by atoms with Gasteiger partial charge in [-0.15, -0.1) is 0 Å². The van der Waals surface area contributed by atoms with Crippen LogP contribution in [0.5, 0.6) is 0 Å². The Morgan fingerprint density at radius 3 is 2.34 bits per heavy atom. The summed E-state index contributed by atoms with van der Waals surface area (Å²) in [5, 5.41) is 3.98. The first-order valence-corrected chi connectivity index (χ1v) is 9.53. The molecule has 0 aliphatic heterocycles. The van der Waals surface area contributed by atoms with Crippen LogP contribution in [0.3, 0.4) is 0 Å². The monoisotopic (exact) mass is 395 g/mol. The molecule has 6 nitrogen and oxygen atoms in total. The predicted octanol–water partition coefficient (Wildman–Crippen LogP) is 5.01. The summed E-state index contributed by atoms with van der Waals surface area (Å²) in [5.41, 5.74) is 1.20. The van der Waals surface area contributed by atoms with Crippen molar-refractivity contribution in [1.29, 1.82) is 0 Å². The number of hydrogen-bond donors (Lipinski definition) is 0. The minimum absolute atomic E-state index is 0.277. The van der Waals surface area contributed by atoms with E-state index in [4.69, 9.17) is 13.4 Å². The normalized spacial score (nSPS) is 11.4. The average molecular weight is 395 g/mol. The third kappa shape index (κ3) is 5.00. The van der Waals surface area contributed by atoms with E-state index in [0.29, 0.717) is 42.4 Å². The maximum Gasteiger partial charge on any atom is 0.227 e. The SMILES string of the molecule is Cc1ccc(-c2noc(CCCN(Cc3ccco3)Cc3ccco3)n2)cc1F. The molecule has 3 heterocycles. The maximum absolute atomic E-state index is 13.8. The van der Waals surface area contributed by atoms with Gasteiger partial charge in [-0.05, 0) is 55.8 Å². The van der Waals surface area contributed by atoms with Gasteiger partial charge in [0.15, 0.2) is 0 Å². The molecule has 0 N–H and O–H groups in total. The van der Waals surface area contributed by atoms with Crippen molar-refractivity contribution in [2.75, 3.05) is 6.54 Å². The topological polar surface area (TPSA) is 68.4 Å². The molecule has 7 heteroatoms. The van der Waals surface area contributed by atoms with Gasteiger partial charge in [0.2, 0.25) is 11.7 Å². The summed E-state index contributed by atoms with van der Waals surface area (Å²) in [7, 11) is 0. The van der Waals surface area contributed by atoms with Crippen molar-refractivity contribution in [1.82, 2.24) is 15.0 Å². The van der Waals surface area contributed by atoms with E-state index in [2.05, 4.69) is 15.0 Å². The third-order valence-corrected chi connectivity index (χ3v) is 4.68. The van der Waals surface area contributed by atoms with Crippen LogP contribution in [-0.2, 0) is 19.5 Å². The number of aromatic nitrogens is 2. The molecule has 3 aromatic heterocycles. The first-order valence-electron chi connectivity index (χ1n) is 9.53. The molecule has 0 saturated heterocycles. The molecule has 4 rings (SSSR count). The molecular formula is C22H22FN3O3. The fraction of sp³-hybridized carbons (Fsp3) is 0.273. The molecule has 0 fully saturated rings. The van der Waals surface area contributed by atoms with Crippen molar-refractivity contribution in [2.45, 2.75) is 32.9 Å². The zero-order valence-electron chi connectivity index (χ0n) is 16.2. The van der Waals surface area contributed by atoms with Crippen LogP contribution >= 0.6 is 0 Å². The molecule has 0 unspecified atom stereocenters. The number of furan rings is 2. The Morgan fingerprint density at radius 2 is 1.72 bits per heavy atom. The fourth-order valence-electron chi connectivity index (χ4n) is 3.12. The quantitative estimate of drug-likeness (QED) is 0.397. The first-order chi connectivity index (χ1) is 14.2. The Kier molecular flexibility index (Phi) is 5.86. The number of hydrogen-bond acceptors (Lipinski definition) is 6. The molecule has 0 aliphatic rings. The molecule has 0 atom stereocenters. The van der Waals surface area contributed by atoms with Gasteiger partial charge in [0.25, 0.3) is 0 Å². The Morgan fingerprint density at radius 1 is 1.00 bits per heavy atom. The van der Waals surface area contributed by atoms with Gasteiger partial charge in [-0.1, -0.05) is 17.3 Å². The summed E-state index contributed by atoms with van der Waals surface area (Å²) in [6.45, 7) is 3.90. The average Bonchev–Trinajstić information content (AvgIpc) is 3.47. The third-order valence-electron chi connectivity index (χ3n) is 4.68. The Hall–Kier alpha value is -3.19. The molecule has 0 aliphatic carbocycles. The lowest BCUT2D eigenvalue weighted by Crippen LogP contribution is -2.24. The molecule has 4 aromatic rings. The van der Waals surface area contributed by atoms with Crippen LogP contribution in [0.4, 0.5) is 4.39 Å². The highest BCUT2D eigenvalue weighted by molar-refractivity contribution is 5.54. The molecule has 0 radical (unpaired) electrons. The molecule has 0 spiro atoms. The van der Waals surface area contributed by atoms with Crippen molar-refractivity contribution in [2.24, 2.45) is 0 Å². The molecule has 1 aromatic carbocycles. The standard InChI is InChI=1S/C22H22FN3O3/c1-16-8-9-17(13-20(16)23)22-24-21(29-25-22)7-2-10-26(14-18-5-3-11-27-18)15-19-6-4-12-28-19/h3-6,8-9,11-13H,2,7,10,14-15H2,1H3. The second-order valence-electron chi connectivity index (χ2n) is 6.95. The molecule has 0 bridgehead atoms. The highest BCUT2D eigenvalue weighted by Gasteiger charge is 2.13. The van der Waals surface area contributed by atoms with E-state index >= 15 is 0 Å². The summed E-state index contributed by atoms with van der Waals surface area (Å²) >= 11 is 0. The number of rotatable bonds is 9. The number of aryl methyl sites for hydroxylation is 2. The van der Waals surface area contributed by atoms with Crippen molar-refractivity contribution in [3.63, 3.8) is 0 Å². The van der Waals surface area contributed by atoms with E-state index in [1.807, 2.05) is 24.3 Å². The lowest BCUT2D eigenvalue weighted by Gasteiger charge is -2.19. The van der Waals surface area contributed by atoms with E-state index < -0.39 is 0 Å². The zero-order chi connectivity index (χ0) is 20.1. The second-order valence-corrected chi connectivity index (χ2v) is 6.95. The number of halogens is 1. The van der Waals surface area contributed by atoms with Crippen molar-refractivity contribution < 1.29 is 17.7 Å². The molecule has 0 saturated carbocycles. The van der Waals surface area contributed by atoms with Gasteiger partial charge in [-0.2, -0.15) is 4.98 Å². The van der Waals surface area contributed by atoms with E-state index in [1.54, 1.807) is 31.6 Å². The summed E-state index contributed by atoms with van der Waals surface area (Å²) in [5.74, 6) is 2.47. The molecular weight excluding hydrogens is 373 g/mol. The van der Waals surface area contributed by atoms with Gasteiger partial charge in [0, 0.05) is 12.0 Å². The predicted molar refractivity (Wildman–Crippen MR) is 104 cm³/mol. The minimum Gasteiger partial charge on any atom is -0.468 e. The van der Waals surface area contributed by atoms with Crippen LogP contribution in [0.25, 0.3) is 11.4 Å². The lowest BCUT2D eigenvalue weighted by molar-refractivity contribution is 0.213. The van der Waals surface area contributed by atoms with Gasteiger partial charge in [0.05, 0.1) is 25.6 Å². The summed E-state index contributed by atoms with van der Waals surface area (Å²) in [4.78, 5) is 6.64. The zero-order valence-corrected chi connectivity index (χ0v) is 16.2. The van der Waals surface area contributed by atoms with Crippen molar-refractivity contribution >= 4 is 0 Å². The Labute approximate surface area is 167 Å². The maximum atomic E-state index is 13.8. The lowest BCUT2D eigenvalue weighted by atomic mass is 10.1. The fourth-order valence-corrected chi connectivity index (χ4v) is 3.12. The number of benzene rings is 1. The van der Waals surface area contributed by atoms with Crippen LogP contribution in [0.1, 0.15) is 29.4 Å². The second kappa shape index (κ2) is 8.87. The van der Waals surface area contributed by atoms with E-state index in [-0.39, 0.29) is 5.82 Å². The van der Waals surface area contributed by atoms with Crippen LogP contribution in [0.2, 0.25) is 0 Å². The Bertz CT molecular complexity index is 989. The van der Waals surface area contributed by atoms with E-state index in [1.165, 1.54) is 6.07 Å². The first kappa shape index (κ1) is 19.1. The van der Waals surface area contributed by atoms with Gasteiger partial charge < -0.3 is 13.4 Å². The molecule has 29 heavy (non-hydrogen) atoms. The molecule has 0 amide bonds. The van der Waals surface area contributed by atoms with Crippen LogP contribution in [0, 0.1) is 12.7 Å². The highest BCUT2D eigenvalue weighted by atomic mass is 19.1. The van der Waals surface area contributed by atoms with Crippen molar-refractivity contribution in [3.8, 4) is 11.4 Å². The Balaban J connectivity index is 1.35. The smallest absolute Gasteiger partial charge is 0.227 e. The summed E-state index contributed by atoms with van der Waals surface area (Å²) in [6.07, 6.45) is 4.81. The van der Waals surface area contributed by atoms with Crippen LogP contribution in [-0.4, -0.2) is 21.6 Å². The van der Waals surface area contributed by atoms with Crippen LogP contribution < -0.4 is 0 Å². The van der Waals surface area contributed by atoms with Crippen LogP contribution in [0.15, 0.2) is 68.3 Å². The van der Waals surface area contributed by atoms with Gasteiger partial charge in [-0.25, -0.2) is 4.39 Å². The van der Waals surface area contributed by atoms with Gasteiger partial charge >= 0.3 is 0 Å².